The third kappa shape index (κ3) is 7.48. The number of amides is 2. The van der Waals surface area contributed by atoms with E-state index in [9.17, 15) is 18.0 Å². The fraction of sp³-hybridized carbons (Fsp3) is 0.440. The minimum Gasteiger partial charge on any atom is -0.497 e. The fourth-order valence-corrected chi connectivity index (χ4v) is 4.73. The fourth-order valence-electron chi connectivity index (χ4n) is 3.77. The second-order valence-electron chi connectivity index (χ2n) is 8.19. The highest BCUT2D eigenvalue weighted by Crippen LogP contribution is 2.21. The molecule has 2 aromatic carbocycles. The van der Waals surface area contributed by atoms with Crippen LogP contribution in [0.15, 0.2) is 48.5 Å². The van der Waals surface area contributed by atoms with E-state index in [0.29, 0.717) is 24.3 Å². The molecule has 1 N–H and O–H groups in total. The number of rotatable bonds is 12. The lowest BCUT2D eigenvalue weighted by Gasteiger charge is -2.31. The molecule has 2 rings (SSSR count). The summed E-state index contributed by atoms with van der Waals surface area (Å²) in [4.78, 5) is 27.4. The van der Waals surface area contributed by atoms with Crippen LogP contribution in [-0.4, -0.2) is 58.1 Å². The van der Waals surface area contributed by atoms with Gasteiger partial charge in [-0.2, -0.15) is 0 Å². The molecule has 34 heavy (non-hydrogen) atoms. The second-order valence-corrected chi connectivity index (χ2v) is 10.1. The monoisotopic (exact) mass is 489 g/mol. The van der Waals surface area contributed by atoms with Gasteiger partial charge in [-0.3, -0.25) is 13.9 Å². The average Bonchev–Trinajstić information content (AvgIpc) is 2.81. The SMILES string of the molecule is CCC(C(=O)NC)N(Cc1cccc(OC)c1)C(=O)CCCN(c1ccc(C)cc1)S(C)(=O)=O. The predicted molar refractivity (Wildman–Crippen MR) is 134 cm³/mol. The molecular weight excluding hydrogens is 454 g/mol. The molecule has 0 fully saturated rings. The van der Waals surface area contributed by atoms with E-state index in [4.69, 9.17) is 4.74 Å². The van der Waals surface area contributed by atoms with Gasteiger partial charge in [-0.25, -0.2) is 8.42 Å². The van der Waals surface area contributed by atoms with Crippen LogP contribution in [0.5, 0.6) is 5.75 Å². The van der Waals surface area contributed by atoms with Crippen molar-refractivity contribution in [3.8, 4) is 5.75 Å². The summed E-state index contributed by atoms with van der Waals surface area (Å²) in [6.07, 6.45) is 2.03. The maximum atomic E-state index is 13.3. The highest BCUT2D eigenvalue weighted by Gasteiger charge is 2.28. The number of likely N-dealkylation sites (N-methyl/N-ethyl adjacent to an activating group) is 1. The van der Waals surface area contributed by atoms with Crippen LogP contribution in [-0.2, 0) is 26.2 Å². The molecule has 0 aliphatic rings. The Kier molecular flexibility index (Phi) is 9.92. The molecule has 0 spiro atoms. The Bertz CT molecular complexity index is 1070. The number of ether oxygens (including phenoxy) is 1. The Balaban J connectivity index is 2.19. The van der Waals surface area contributed by atoms with Gasteiger partial charge in [0.2, 0.25) is 21.8 Å². The summed E-state index contributed by atoms with van der Waals surface area (Å²) in [6.45, 7) is 4.20. The topological polar surface area (TPSA) is 96.0 Å². The molecule has 2 aromatic rings. The maximum Gasteiger partial charge on any atom is 0.242 e. The molecular formula is C25H35N3O5S. The smallest absolute Gasteiger partial charge is 0.242 e. The summed E-state index contributed by atoms with van der Waals surface area (Å²) in [5.41, 5.74) is 2.43. The number of anilines is 1. The van der Waals surface area contributed by atoms with Crippen LogP contribution < -0.4 is 14.4 Å². The number of nitrogens with one attached hydrogen (secondary N) is 1. The van der Waals surface area contributed by atoms with Crippen LogP contribution >= 0.6 is 0 Å². The first-order valence-corrected chi connectivity index (χ1v) is 13.1. The van der Waals surface area contributed by atoms with E-state index in [1.807, 2.05) is 50.2 Å². The van der Waals surface area contributed by atoms with E-state index >= 15 is 0 Å². The van der Waals surface area contributed by atoms with E-state index < -0.39 is 16.1 Å². The molecule has 0 aliphatic heterocycles. The molecule has 0 heterocycles. The Morgan fingerprint density at radius 1 is 1.12 bits per heavy atom. The van der Waals surface area contributed by atoms with Crippen LogP contribution in [0.3, 0.4) is 0 Å². The summed E-state index contributed by atoms with van der Waals surface area (Å²) < 4.78 is 31.3. The molecule has 9 heteroatoms. The molecule has 0 bridgehead atoms. The van der Waals surface area contributed by atoms with Crippen molar-refractivity contribution in [2.75, 3.05) is 31.3 Å². The lowest BCUT2D eigenvalue weighted by atomic mass is 10.1. The summed E-state index contributed by atoms with van der Waals surface area (Å²) in [7, 11) is -0.394. The highest BCUT2D eigenvalue weighted by atomic mass is 32.2. The van der Waals surface area contributed by atoms with Crippen molar-refractivity contribution in [2.45, 2.75) is 45.7 Å². The van der Waals surface area contributed by atoms with E-state index in [1.165, 1.54) is 4.31 Å². The molecule has 0 aromatic heterocycles. The number of methoxy groups -OCH3 is 1. The molecule has 0 saturated heterocycles. The number of hydrogen-bond donors (Lipinski definition) is 1. The van der Waals surface area contributed by atoms with Gasteiger partial charge in [0.1, 0.15) is 11.8 Å². The lowest BCUT2D eigenvalue weighted by molar-refractivity contribution is -0.141. The third-order valence-corrected chi connectivity index (χ3v) is 6.79. The van der Waals surface area contributed by atoms with Gasteiger partial charge >= 0.3 is 0 Å². The summed E-state index contributed by atoms with van der Waals surface area (Å²) in [5, 5.41) is 2.63. The predicted octanol–water partition coefficient (Wildman–Crippen LogP) is 3.10. The average molecular weight is 490 g/mol. The van der Waals surface area contributed by atoms with Crippen molar-refractivity contribution >= 4 is 27.5 Å². The first-order valence-electron chi connectivity index (χ1n) is 11.3. The number of nitrogens with zero attached hydrogens (tertiary/aromatic N) is 2. The minimum absolute atomic E-state index is 0.106. The van der Waals surface area contributed by atoms with Crippen LogP contribution in [0.4, 0.5) is 5.69 Å². The van der Waals surface area contributed by atoms with Crippen LogP contribution in [0, 0.1) is 6.92 Å². The van der Waals surface area contributed by atoms with Crippen molar-refractivity contribution in [3.63, 3.8) is 0 Å². The zero-order valence-electron chi connectivity index (χ0n) is 20.6. The Hall–Kier alpha value is -3.07. The highest BCUT2D eigenvalue weighted by molar-refractivity contribution is 7.92. The van der Waals surface area contributed by atoms with Crippen molar-refractivity contribution < 1.29 is 22.7 Å². The minimum atomic E-state index is -3.51. The lowest BCUT2D eigenvalue weighted by Crippen LogP contribution is -2.48. The molecule has 0 aliphatic carbocycles. The first-order chi connectivity index (χ1) is 16.1. The number of carbonyl (C=O) groups is 2. The standard InChI is InChI=1S/C25H35N3O5S/c1-6-23(25(30)26-3)27(18-20-9-7-10-22(17-20)33-4)24(29)11-8-16-28(34(5,31)32)21-14-12-19(2)13-15-21/h7,9-10,12-15,17,23H,6,8,11,16,18H2,1-5H3,(H,26,30). The van der Waals surface area contributed by atoms with Gasteiger partial charge in [0.05, 0.1) is 19.1 Å². The van der Waals surface area contributed by atoms with Crippen LogP contribution in [0.2, 0.25) is 0 Å². The molecule has 0 radical (unpaired) electrons. The number of sulfonamides is 1. The van der Waals surface area contributed by atoms with Gasteiger partial charge in [0.25, 0.3) is 0 Å². The van der Waals surface area contributed by atoms with E-state index in [-0.39, 0.29) is 31.3 Å². The largest absolute Gasteiger partial charge is 0.497 e. The Morgan fingerprint density at radius 2 is 1.79 bits per heavy atom. The quantitative estimate of drug-likeness (QED) is 0.494. The van der Waals surface area contributed by atoms with Gasteiger partial charge in [-0.05, 0) is 49.6 Å². The van der Waals surface area contributed by atoms with Crippen molar-refractivity contribution in [1.29, 1.82) is 0 Å². The number of carbonyl (C=O) groups excluding carboxylic acids is 2. The van der Waals surface area contributed by atoms with Gasteiger partial charge in [-0.1, -0.05) is 36.8 Å². The summed E-state index contributed by atoms with van der Waals surface area (Å²) >= 11 is 0. The van der Waals surface area contributed by atoms with Crippen molar-refractivity contribution in [1.82, 2.24) is 10.2 Å². The molecule has 8 nitrogen and oxygen atoms in total. The normalized spacial score (nSPS) is 12.0. The zero-order chi connectivity index (χ0) is 25.3. The maximum absolute atomic E-state index is 13.3. The van der Waals surface area contributed by atoms with Gasteiger partial charge in [0, 0.05) is 26.6 Å². The number of aryl methyl sites for hydroxylation is 1. The van der Waals surface area contributed by atoms with Gasteiger partial charge in [0.15, 0.2) is 0 Å². The Morgan fingerprint density at radius 3 is 2.35 bits per heavy atom. The number of hydrogen-bond acceptors (Lipinski definition) is 5. The first kappa shape index (κ1) is 27.2. The zero-order valence-corrected chi connectivity index (χ0v) is 21.4. The molecule has 2 amide bonds. The molecule has 1 atom stereocenters. The van der Waals surface area contributed by atoms with Crippen LogP contribution in [0.1, 0.15) is 37.3 Å². The van der Waals surface area contributed by atoms with Crippen LogP contribution in [0.25, 0.3) is 0 Å². The van der Waals surface area contributed by atoms with E-state index in [1.54, 1.807) is 31.2 Å². The van der Waals surface area contributed by atoms with E-state index in [2.05, 4.69) is 5.32 Å². The summed E-state index contributed by atoms with van der Waals surface area (Å²) in [6, 6.07) is 13.9. The molecule has 1 unspecified atom stereocenters. The van der Waals surface area contributed by atoms with Gasteiger partial charge in [-0.15, -0.1) is 0 Å². The van der Waals surface area contributed by atoms with Gasteiger partial charge < -0.3 is 15.0 Å². The Labute approximate surface area is 202 Å². The second kappa shape index (κ2) is 12.4. The third-order valence-electron chi connectivity index (χ3n) is 5.59. The van der Waals surface area contributed by atoms with E-state index in [0.717, 1.165) is 17.4 Å². The molecule has 186 valence electrons. The van der Waals surface area contributed by atoms with Crippen molar-refractivity contribution in [3.05, 3.63) is 59.7 Å². The molecule has 0 saturated carbocycles. The van der Waals surface area contributed by atoms with Crippen molar-refractivity contribution in [2.24, 2.45) is 0 Å². The number of benzene rings is 2. The summed E-state index contributed by atoms with van der Waals surface area (Å²) in [5.74, 6) is 0.214.